The number of nitrogens with one attached hydrogen (secondary N) is 2. The molecular weight excluding hydrogens is 200 g/mol. The van der Waals surface area contributed by atoms with E-state index in [2.05, 4.69) is 29.7 Å². The van der Waals surface area contributed by atoms with Crippen molar-refractivity contribution in [1.82, 2.24) is 10.6 Å². The highest BCUT2D eigenvalue weighted by atomic mass is 16.5. The van der Waals surface area contributed by atoms with E-state index in [0.717, 1.165) is 12.3 Å². The zero-order valence-corrected chi connectivity index (χ0v) is 10.6. The average Bonchev–Trinajstić information content (AvgIpc) is 2.29. The van der Waals surface area contributed by atoms with Crippen molar-refractivity contribution < 1.29 is 4.74 Å². The minimum atomic E-state index is 0.347. The second-order valence-corrected chi connectivity index (χ2v) is 3.86. The minimum absolute atomic E-state index is 0.347. The molecule has 90 valence electrons. The van der Waals surface area contributed by atoms with Crippen LogP contribution in [0.2, 0.25) is 0 Å². The lowest BCUT2D eigenvalue weighted by molar-refractivity contribution is 0.337. The van der Waals surface area contributed by atoms with Gasteiger partial charge in [0.1, 0.15) is 5.75 Å². The van der Waals surface area contributed by atoms with Crippen LogP contribution >= 0.6 is 0 Å². The average molecular weight is 222 g/mol. The SMILES string of the molecule is CCOc1ccc(C(CNC)NC)cc1C. The van der Waals surface area contributed by atoms with Crippen LogP contribution in [0.1, 0.15) is 24.1 Å². The number of hydrogen-bond donors (Lipinski definition) is 2. The molecule has 2 N–H and O–H groups in total. The third-order valence-electron chi connectivity index (χ3n) is 2.66. The van der Waals surface area contributed by atoms with Gasteiger partial charge in [-0.15, -0.1) is 0 Å². The molecule has 0 spiro atoms. The molecule has 16 heavy (non-hydrogen) atoms. The Balaban J connectivity index is 2.85. The van der Waals surface area contributed by atoms with Crippen LogP contribution in [0.25, 0.3) is 0 Å². The Kier molecular flexibility index (Phi) is 5.29. The molecule has 0 aliphatic heterocycles. The molecule has 0 radical (unpaired) electrons. The molecule has 0 aromatic heterocycles. The maximum Gasteiger partial charge on any atom is 0.122 e. The van der Waals surface area contributed by atoms with Gasteiger partial charge in [0, 0.05) is 12.6 Å². The standard InChI is InChI=1S/C13H22N2O/c1-5-16-13-7-6-11(8-10(13)2)12(15-4)9-14-3/h6-8,12,14-15H,5,9H2,1-4H3. The summed E-state index contributed by atoms with van der Waals surface area (Å²) in [5, 5.41) is 6.48. The largest absolute Gasteiger partial charge is 0.494 e. The number of benzene rings is 1. The predicted octanol–water partition coefficient (Wildman–Crippen LogP) is 1.87. The van der Waals surface area contributed by atoms with Crippen molar-refractivity contribution in [3.63, 3.8) is 0 Å². The summed E-state index contributed by atoms with van der Waals surface area (Å²) in [4.78, 5) is 0. The van der Waals surface area contributed by atoms with Gasteiger partial charge in [0.05, 0.1) is 6.61 Å². The van der Waals surface area contributed by atoms with E-state index < -0.39 is 0 Å². The lowest BCUT2D eigenvalue weighted by Crippen LogP contribution is -2.27. The van der Waals surface area contributed by atoms with Crippen LogP contribution in [0.3, 0.4) is 0 Å². The van der Waals surface area contributed by atoms with Gasteiger partial charge in [-0.25, -0.2) is 0 Å². The Morgan fingerprint density at radius 2 is 2.06 bits per heavy atom. The van der Waals surface area contributed by atoms with Gasteiger partial charge in [0.25, 0.3) is 0 Å². The highest BCUT2D eigenvalue weighted by Gasteiger charge is 2.09. The van der Waals surface area contributed by atoms with Gasteiger partial charge in [-0.05, 0) is 45.1 Å². The Hall–Kier alpha value is -1.06. The zero-order chi connectivity index (χ0) is 12.0. The van der Waals surface area contributed by atoms with E-state index in [0.29, 0.717) is 12.6 Å². The first-order chi connectivity index (χ1) is 7.72. The molecule has 1 rings (SSSR count). The predicted molar refractivity (Wildman–Crippen MR) is 68.1 cm³/mol. The van der Waals surface area contributed by atoms with Crippen LogP contribution in [0.15, 0.2) is 18.2 Å². The summed E-state index contributed by atoms with van der Waals surface area (Å²) in [6, 6.07) is 6.70. The molecule has 3 nitrogen and oxygen atoms in total. The van der Waals surface area contributed by atoms with Crippen molar-refractivity contribution >= 4 is 0 Å². The van der Waals surface area contributed by atoms with Crippen LogP contribution in [0.4, 0.5) is 0 Å². The second-order valence-electron chi connectivity index (χ2n) is 3.86. The summed E-state index contributed by atoms with van der Waals surface area (Å²) >= 11 is 0. The van der Waals surface area contributed by atoms with Crippen LogP contribution in [0, 0.1) is 6.92 Å². The van der Waals surface area contributed by atoms with E-state index in [1.54, 1.807) is 0 Å². The maximum atomic E-state index is 5.53. The lowest BCUT2D eigenvalue weighted by atomic mass is 10.0. The van der Waals surface area contributed by atoms with Gasteiger partial charge in [0.2, 0.25) is 0 Å². The summed E-state index contributed by atoms with van der Waals surface area (Å²) in [5.74, 6) is 0.977. The molecule has 1 aromatic carbocycles. The Labute approximate surface area is 98.2 Å². The van der Waals surface area contributed by atoms with E-state index in [-0.39, 0.29) is 0 Å². The van der Waals surface area contributed by atoms with E-state index in [9.17, 15) is 0 Å². The second kappa shape index (κ2) is 6.51. The summed E-state index contributed by atoms with van der Waals surface area (Å²) in [6.07, 6.45) is 0. The Morgan fingerprint density at radius 1 is 1.31 bits per heavy atom. The summed E-state index contributed by atoms with van der Waals surface area (Å²) < 4.78 is 5.53. The minimum Gasteiger partial charge on any atom is -0.494 e. The molecule has 3 heteroatoms. The molecule has 0 heterocycles. The van der Waals surface area contributed by atoms with Gasteiger partial charge in [-0.2, -0.15) is 0 Å². The van der Waals surface area contributed by atoms with Gasteiger partial charge in [-0.3, -0.25) is 0 Å². The first-order valence-electron chi connectivity index (χ1n) is 5.78. The number of aryl methyl sites for hydroxylation is 1. The topological polar surface area (TPSA) is 33.3 Å². The molecule has 1 atom stereocenters. The summed E-state index contributed by atoms with van der Waals surface area (Å²) in [7, 11) is 3.94. The van der Waals surface area contributed by atoms with Crippen molar-refractivity contribution in [1.29, 1.82) is 0 Å². The van der Waals surface area contributed by atoms with Gasteiger partial charge in [-0.1, -0.05) is 12.1 Å². The Bertz CT molecular complexity index is 326. The fraction of sp³-hybridized carbons (Fsp3) is 0.538. The van der Waals surface area contributed by atoms with Crippen LogP contribution in [-0.2, 0) is 0 Å². The third kappa shape index (κ3) is 3.22. The number of ether oxygens (including phenoxy) is 1. The quantitative estimate of drug-likeness (QED) is 0.771. The van der Waals surface area contributed by atoms with Crippen molar-refractivity contribution in [3.8, 4) is 5.75 Å². The van der Waals surface area contributed by atoms with Gasteiger partial charge < -0.3 is 15.4 Å². The molecular formula is C13H22N2O. The molecule has 0 saturated carbocycles. The molecule has 0 saturated heterocycles. The molecule has 0 aliphatic rings. The van der Waals surface area contributed by atoms with Crippen LogP contribution in [-0.4, -0.2) is 27.2 Å². The first-order valence-corrected chi connectivity index (χ1v) is 5.78. The number of likely N-dealkylation sites (N-methyl/N-ethyl adjacent to an activating group) is 2. The molecule has 0 aliphatic carbocycles. The summed E-state index contributed by atoms with van der Waals surface area (Å²) in [6.45, 7) is 5.72. The molecule has 0 fully saturated rings. The van der Waals surface area contributed by atoms with Gasteiger partial charge in [0.15, 0.2) is 0 Å². The molecule has 1 aromatic rings. The normalized spacial score (nSPS) is 12.5. The first kappa shape index (κ1) is 13.0. The highest BCUT2D eigenvalue weighted by Crippen LogP contribution is 2.22. The fourth-order valence-electron chi connectivity index (χ4n) is 1.80. The molecule has 1 unspecified atom stereocenters. The van der Waals surface area contributed by atoms with Gasteiger partial charge >= 0.3 is 0 Å². The highest BCUT2D eigenvalue weighted by molar-refractivity contribution is 5.37. The van der Waals surface area contributed by atoms with E-state index in [4.69, 9.17) is 4.74 Å². The Morgan fingerprint density at radius 3 is 2.56 bits per heavy atom. The molecule has 0 amide bonds. The third-order valence-corrected chi connectivity index (χ3v) is 2.66. The molecule has 0 bridgehead atoms. The monoisotopic (exact) mass is 222 g/mol. The maximum absolute atomic E-state index is 5.53. The van der Waals surface area contributed by atoms with Crippen LogP contribution in [0.5, 0.6) is 5.75 Å². The van der Waals surface area contributed by atoms with E-state index in [1.165, 1.54) is 11.1 Å². The van der Waals surface area contributed by atoms with Crippen molar-refractivity contribution in [2.45, 2.75) is 19.9 Å². The van der Waals surface area contributed by atoms with E-state index >= 15 is 0 Å². The van der Waals surface area contributed by atoms with Crippen molar-refractivity contribution in [2.75, 3.05) is 27.2 Å². The number of hydrogen-bond acceptors (Lipinski definition) is 3. The summed E-state index contributed by atoms with van der Waals surface area (Å²) in [5.41, 5.74) is 2.48. The number of rotatable bonds is 6. The lowest BCUT2D eigenvalue weighted by Gasteiger charge is -2.17. The van der Waals surface area contributed by atoms with Crippen molar-refractivity contribution in [3.05, 3.63) is 29.3 Å². The van der Waals surface area contributed by atoms with E-state index in [1.807, 2.05) is 27.1 Å². The zero-order valence-electron chi connectivity index (χ0n) is 10.6. The fourth-order valence-corrected chi connectivity index (χ4v) is 1.80. The van der Waals surface area contributed by atoms with Crippen LogP contribution < -0.4 is 15.4 Å². The smallest absolute Gasteiger partial charge is 0.122 e. The van der Waals surface area contributed by atoms with Crippen molar-refractivity contribution in [2.24, 2.45) is 0 Å².